The number of rotatable bonds is 4. The molecule has 5 atom stereocenters. The van der Waals surface area contributed by atoms with Gasteiger partial charge in [0.2, 0.25) is 5.91 Å². The Morgan fingerprint density at radius 2 is 1.81 bits per heavy atom. The number of ether oxygens (including phenoxy) is 1. The zero-order valence-corrected chi connectivity index (χ0v) is 26.1. The van der Waals surface area contributed by atoms with Gasteiger partial charge >= 0.3 is 0 Å². The van der Waals surface area contributed by atoms with Gasteiger partial charge in [-0.25, -0.2) is 0 Å². The SMILES string of the molecule is COC(C)(C)C#C[C@]1(O)CCC2[C@@H]3CCC4=CC(=O)CCC4=C3[C@@H](c3ccc(N4CCN(C(=O)CO)CC4)cc3)C[C@@]21C. The number of fused-ring (bicyclic) bond motifs is 4. The number of nitrogens with zero attached hydrogens (tertiary/aromatic N) is 2. The summed E-state index contributed by atoms with van der Waals surface area (Å²) in [6.07, 6.45) is 7.67. The van der Waals surface area contributed by atoms with E-state index in [-0.39, 0.29) is 23.0 Å². The lowest BCUT2D eigenvalue weighted by Crippen LogP contribution is -2.51. The van der Waals surface area contributed by atoms with E-state index in [2.05, 4.69) is 47.9 Å². The monoisotopic (exact) mass is 586 g/mol. The number of methoxy groups -OCH3 is 1. The van der Waals surface area contributed by atoms with Crippen molar-refractivity contribution < 1.29 is 24.5 Å². The Labute approximate surface area is 256 Å². The molecule has 7 nitrogen and oxygen atoms in total. The summed E-state index contributed by atoms with van der Waals surface area (Å²) in [5, 5.41) is 21.5. The van der Waals surface area contributed by atoms with E-state index in [4.69, 9.17) is 4.74 Å². The Hall–Kier alpha value is -2.92. The van der Waals surface area contributed by atoms with Gasteiger partial charge in [-0.05, 0) is 99.1 Å². The molecule has 5 aliphatic rings. The molecule has 6 rings (SSSR count). The van der Waals surface area contributed by atoms with E-state index in [9.17, 15) is 19.8 Å². The van der Waals surface area contributed by atoms with Gasteiger partial charge in [-0.3, -0.25) is 9.59 Å². The molecule has 7 heteroatoms. The first kappa shape index (κ1) is 30.1. The Morgan fingerprint density at radius 1 is 1.09 bits per heavy atom. The number of ketones is 1. The van der Waals surface area contributed by atoms with E-state index < -0.39 is 17.8 Å². The first-order valence-electron chi connectivity index (χ1n) is 16.0. The van der Waals surface area contributed by atoms with E-state index in [1.54, 1.807) is 12.0 Å². The largest absolute Gasteiger partial charge is 0.387 e. The van der Waals surface area contributed by atoms with Crippen LogP contribution in [-0.2, 0) is 14.3 Å². The highest BCUT2D eigenvalue weighted by molar-refractivity contribution is 5.93. The smallest absolute Gasteiger partial charge is 0.248 e. The molecule has 1 aromatic rings. The van der Waals surface area contributed by atoms with Crippen LogP contribution >= 0.6 is 0 Å². The zero-order chi connectivity index (χ0) is 30.6. The Kier molecular flexibility index (Phi) is 7.86. The Morgan fingerprint density at radius 3 is 2.49 bits per heavy atom. The summed E-state index contributed by atoms with van der Waals surface area (Å²) in [6, 6.07) is 8.89. The minimum atomic E-state index is -1.09. The fourth-order valence-electron chi connectivity index (χ4n) is 8.71. The second-order valence-corrected chi connectivity index (χ2v) is 14.0. The van der Waals surface area contributed by atoms with Crippen LogP contribution in [0.15, 0.2) is 47.1 Å². The summed E-state index contributed by atoms with van der Waals surface area (Å²) < 4.78 is 5.58. The van der Waals surface area contributed by atoms with Crippen molar-refractivity contribution in [2.75, 3.05) is 44.8 Å². The number of carbonyl (C=O) groups excluding carboxylic acids is 2. The predicted molar refractivity (Wildman–Crippen MR) is 166 cm³/mol. The number of carbonyl (C=O) groups is 2. The van der Waals surface area contributed by atoms with Crippen LogP contribution in [0.1, 0.15) is 77.2 Å². The summed E-state index contributed by atoms with van der Waals surface area (Å²) in [7, 11) is 1.66. The maximum absolute atomic E-state index is 12.4. The van der Waals surface area contributed by atoms with E-state index in [0.717, 1.165) is 50.9 Å². The maximum Gasteiger partial charge on any atom is 0.248 e. The minimum absolute atomic E-state index is 0.146. The van der Waals surface area contributed by atoms with Gasteiger partial charge < -0.3 is 24.7 Å². The van der Waals surface area contributed by atoms with Crippen molar-refractivity contribution >= 4 is 17.4 Å². The van der Waals surface area contributed by atoms with Gasteiger partial charge in [0, 0.05) is 56.7 Å². The molecule has 1 amide bonds. The molecule has 1 aromatic carbocycles. The molecule has 43 heavy (non-hydrogen) atoms. The zero-order valence-electron chi connectivity index (χ0n) is 26.1. The third kappa shape index (κ3) is 5.26. The third-order valence-corrected chi connectivity index (χ3v) is 11.4. The maximum atomic E-state index is 12.4. The molecule has 2 saturated carbocycles. The lowest BCUT2D eigenvalue weighted by Gasteiger charge is -2.53. The molecule has 0 radical (unpaired) electrons. The Bertz CT molecular complexity index is 1410. The molecule has 1 unspecified atom stereocenters. The average molecular weight is 587 g/mol. The molecular formula is C36H46N2O5. The first-order chi connectivity index (χ1) is 20.5. The summed E-state index contributed by atoms with van der Waals surface area (Å²) >= 11 is 0. The molecule has 0 aromatic heterocycles. The van der Waals surface area contributed by atoms with Crippen molar-refractivity contribution in [1.82, 2.24) is 4.90 Å². The molecule has 1 heterocycles. The van der Waals surface area contributed by atoms with E-state index in [1.165, 1.54) is 22.3 Å². The normalized spacial score (nSPS) is 32.4. The van der Waals surface area contributed by atoms with Crippen molar-refractivity contribution in [2.24, 2.45) is 17.3 Å². The van der Waals surface area contributed by atoms with Crippen molar-refractivity contribution in [1.29, 1.82) is 0 Å². The summed E-state index contributed by atoms with van der Waals surface area (Å²) in [4.78, 5) is 28.3. The minimum Gasteiger partial charge on any atom is -0.387 e. The number of piperazine rings is 1. The van der Waals surface area contributed by atoms with E-state index in [0.29, 0.717) is 37.8 Å². The van der Waals surface area contributed by atoms with Crippen molar-refractivity contribution in [3.05, 3.63) is 52.6 Å². The van der Waals surface area contributed by atoms with Gasteiger partial charge in [0.05, 0.1) is 0 Å². The molecule has 1 saturated heterocycles. The summed E-state index contributed by atoms with van der Waals surface area (Å²) in [5.41, 5.74) is 4.43. The number of aliphatic hydroxyl groups excluding tert-OH is 1. The van der Waals surface area contributed by atoms with Crippen LogP contribution in [0.3, 0.4) is 0 Å². The molecule has 0 bridgehead atoms. The molecule has 2 N–H and O–H groups in total. The highest BCUT2D eigenvalue weighted by Crippen LogP contribution is 2.66. The van der Waals surface area contributed by atoms with Crippen LogP contribution in [0.2, 0.25) is 0 Å². The van der Waals surface area contributed by atoms with Gasteiger partial charge in [-0.15, -0.1) is 0 Å². The lowest BCUT2D eigenvalue weighted by molar-refractivity contribution is -0.134. The number of amides is 1. The van der Waals surface area contributed by atoms with Crippen molar-refractivity contribution in [3.63, 3.8) is 0 Å². The molecule has 4 aliphatic carbocycles. The standard InChI is InChI=1S/C36H46N2O5/c1-34(2,43-4)15-16-36(42)14-13-31-29-11-7-25-21-27(40)10-12-28(25)33(29)30(22-35(31,36)3)24-5-8-26(9-6-24)37-17-19-38(20-18-37)32(41)23-39/h5-6,8-9,21,29-31,39,42H,7,10-14,17-20,22-23H2,1-4H3/t29-,30+,31?,35-,36+/m0/s1. The van der Waals surface area contributed by atoms with Gasteiger partial charge in [-0.1, -0.05) is 36.5 Å². The van der Waals surface area contributed by atoms with Crippen LogP contribution in [0.5, 0.6) is 0 Å². The second kappa shape index (κ2) is 11.2. The molecular weight excluding hydrogens is 540 g/mol. The van der Waals surface area contributed by atoms with Crippen LogP contribution < -0.4 is 4.90 Å². The van der Waals surface area contributed by atoms with Crippen LogP contribution in [0.25, 0.3) is 0 Å². The fourth-order valence-corrected chi connectivity index (χ4v) is 8.71. The van der Waals surface area contributed by atoms with Crippen LogP contribution in [0, 0.1) is 29.1 Å². The van der Waals surface area contributed by atoms with Gasteiger partial charge in [0.1, 0.15) is 17.8 Å². The summed E-state index contributed by atoms with van der Waals surface area (Å²) in [6.45, 7) is 8.39. The van der Waals surface area contributed by atoms with Gasteiger partial charge in [0.25, 0.3) is 0 Å². The number of allylic oxidation sites excluding steroid dienone is 4. The number of hydrogen-bond acceptors (Lipinski definition) is 6. The molecule has 3 fully saturated rings. The lowest BCUT2D eigenvalue weighted by atomic mass is 9.51. The fraction of sp³-hybridized carbons (Fsp3) is 0.611. The van der Waals surface area contributed by atoms with E-state index in [1.807, 2.05) is 19.9 Å². The first-order valence-corrected chi connectivity index (χ1v) is 16.0. The Balaban J connectivity index is 1.36. The number of aliphatic hydroxyl groups is 2. The quantitative estimate of drug-likeness (QED) is 0.509. The highest BCUT2D eigenvalue weighted by Gasteiger charge is 2.62. The summed E-state index contributed by atoms with van der Waals surface area (Å²) in [5.74, 6) is 7.49. The third-order valence-electron chi connectivity index (χ3n) is 11.4. The molecule has 0 spiro atoms. The topological polar surface area (TPSA) is 90.3 Å². The van der Waals surface area contributed by atoms with Gasteiger partial charge in [-0.2, -0.15) is 0 Å². The second-order valence-electron chi connectivity index (χ2n) is 14.0. The van der Waals surface area contributed by atoms with Crippen molar-refractivity contribution in [3.8, 4) is 11.8 Å². The van der Waals surface area contributed by atoms with Gasteiger partial charge in [0.15, 0.2) is 5.78 Å². The van der Waals surface area contributed by atoms with Crippen LogP contribution in [-0.4, -0.2) is 77.9 Å². The highest BCUT2D eigenvalue weighted by atomic mass is 16.5. The van der Waals surface area contributed by atoms with Crippen molar-refractivity contribution in [2.45, 2.75) is 82.8 Å². The number of benzene rings is 1. The molecule has 230 valence electrons. The number of hydrogen-bond donors (Lipinski definition) is 2. The van der Waals surface area contributed by atoms with Crippen LogP contribution in [0.4, 0.5) is 5.69 Å². The molecule has 1 aliphatic heterocycles. The average Bonchev–Trinajstić information content (AvgIpc) is 3.29. The van der Waals surface area contributed by atoms with E-state index >= 15 is 0 Å². The number of anilines is 1. The predicted octanol–water partition coefficient (Wildman–Crippen LogP) is 4.39.